The molecule has 0 heterocycles. The molecule has 0 radical (unpaired) electrons. The van der Waals surface area contributed by atoms with Crippen molar-refractivity contribution in [1.82, 2.24) is 0 Å². The Bertz CT molecular complexity index is 526. The molecule has 0 amide bonds. The van der Waals surface area contributed by atoms with Crippen molar-refractivity contribution in [2.24, 2.45) is 11.3 Å². The highest BCUT2D eigenvalue weighted by atomic mass is 16.5. The van der Waals surface area contributed by atoms with Gasteiger partial charge < -0.3 is 9.47 Å². The molecule has 22 heavy (non-hydrogen) atoms. The molecule has 1 unspecified atom stereocenters. The lowest BCUT2D eigenvalue weighted by atomic mass is 9.90. The summed E-state index contributed by atoms with van der Waals surface area (Å²) in [4.78, 5) is 24.5. The number of rotatable bonds is 5. The Morgan fingerprint density at radius 1 is 1.00 bits per heavy atom. The molecule has 0 saturated heterocycles. The third-order valence-corrected chi connectivity index (χ3v) is 3.42. The van der Waals surface area contributed by atoms with Gasteiger partial charge in [0.15, 0.2) is 0 Å². The van der Waals surface area contributed by atoms with E-state index in [4.69, 9.17) is 9.47 Å². The first-order chi connectivity index (χ1) is 10.1. The molecule has 0 aliphatic heterocycles. The maximum Gasteiger partial charge on any atom is 0.339 e. The van der Waals surface area contributed by atoms with Gasteiger partial charge in [0, 0.05) is 0 Å². The Labute approximate surface area is 132 Å². The molecule has 0 bridgehead atoms. The van der Waals surface area contributed by atoms with Crippen LogP contribution in [-0.2, 0) is 9.47 Å². The van der Waals surface area contributed by atoms with Crippen molar-refractivity contribution in [2.75, 3.05) is 6.61 Å². The molecule has 0 saturated carbocycles. The van der Waals surface area contributed by atoms with Gasteiger partial charge in [-0.25, -0.2) is 9.59 Å². The number of hydrogen-bond donors (Lipinski definition) is 0. The van der Waals surface area contributed by atoms with E-state index in [-0.39, 0.29) is 28.6 Å². The highest BCUT2D eigenvalue weighted by molar-refractivity contribution is 6.03. The molecule has 0 N–H and O–H groups in total. The Kier molecular flexibility index (Phi) is 6.15. The summed E-state index contributed by atoms with van der Waals surface area (Å²) in [5.74, 6) is -0.756. The first kappa shape index (κ1) is 18.2. The van der Waals surface area contributed by atoms with Gasteiger partial charge in [-0.15, -0.1) is 0 Å². The van der Waals surface area contributed by atoms with E-state index in [2.05, 4.69) is 0 Å². The summed E-state index contributed by atoms with van der Waals surface area (Å²) in [5, 5.41) is 0. The van der Waals surface area contributed by atoms with Crippen LogP contribution in [0.4, 0.5) is 0 Å². The van der Waals surface area contributed by atoms with Gasteiger partial charge in [-0.2, -0.15) is 0 Å². The van der Waals surface area contributed by atoms with Crippen LogP contribution in [-0.4, -0.2) is 24.6 Å². The Hall–Kier alpha value is -1.84. The maximum absolute atomic E-state index is 12.3. The van der Waals surface area contributed by atoms with Crippen LogP contribution in [0.15, 0.2) is 24.3 Å². The standard InChI is InChI=1S/C18H26O4/c1-12(2)11-21-16(19)14-9-7-8-10-15(14)17(20)22-13(3)18(4,5)6/h7-10,12-13H,11H2,1-6H3. The zero-order valence-electron chi connectivity index (χ0n) is 14.3. The minimum atomic E-state index is -0.500. The molecule has 0 aliphatic rings. The van der Waals surface area contributed by atoms with Crippen LogP contribution in [0.2, 0.25) is 0 Å². The molecule has 0 fully saturated rings. The molecular weight excluding hydrogens is 280 g/mol. The number of carbonyl (C=O) groups is 2. The van der Waals surface area contributed by atoms with Crippen LogP contribution in [0.5, 0.6) is 0 Å². The van der Waals surface area contributed by atoms with Crippen molar-refractivity contribution < 1.29 is 19.1 Å². The normalized spacial score (nSPS) is 12.9. The lowest BCUT2D eigenvalue weighted by Crippen LogP contribution is -2.29. The van der Waals surface area contributed by atoms with E-state index in [0.29, 0.717) is 6.61 Å². The SMILES string of the molecule is CC(C)COC(=O)c1ccccc1C(=O)OC(C)C(C)(C)C. The molecule has 1 aromatic carbocycles. The van der Waals surface area contributed by atoms with E-state index in [1.165, 1.54) is 0 Å². The average Bonchev–Trinajstić information content (AvgIpc) is 2.43. The van der Waals surface area contributed by atoms with E-state index < -0.39 is 11.9 Å². The van der Waals surface area contributed by atoms with Crippen molar-refractivity contribution in [3.05, 3.63) is 35.4 Å². The number of benzene rings is 1. The zero-order valence-corrected chi connectivity index (χ0v) is 14.3. The van der Waals surface area contributed by atoms with Crippen LogP contribution >= 0.6 is 0 Å². The number of hydrogen-bond acceptors (Lipinski definition) is 4. The summed E-state index contributed by atoms with van der Waals surface area (Å²) >= 11 is 0. The Balaban J connectivity index is 2.91. The second kappa shape index (κ2) is 7.43. The molecule has 1 aromatic rings. The first-order valence-electron chi connectivity index (χ1n) is 7.60. The molecular formula is C18H26O4. The quantitative estimate of drug-likeness (QED) is 0.769. The average molecular weight is 306 g/mol. The van der Waals surface area contributed by atoms with E-state index in [1.54, 1.807) is 24.3 Å². The highest BCUT2D eigenvalue weighted by Gasteiger charge is 2.26. The second-order valence-electron chi connectivity index (χ2n) is 6.95. The van der Waals surface area contributed by atoms with Crippen LogP contribution in [0, 0.1) is 11.3 Å². The zero-order chi connectivity index (χ0) is 16.9. The van der Waals surface area contributed by atoms with Crippen LogP contribution in [0.25, 0.3) is 0 Å². The summed E-state index contributed by atoms with van der Waals surface area (Å²) in [6, 6.07) is 6.58. The van der Waals surface area contributed by atoms with Gasteiger partial charge in [0.25, 0.3) is 0 Å². The fraction of sp³-hybridized carbons (Fsp3) is 0.556. The first-order valence-corrected chi connectivity index (χ1v) is 7.60. The molecule has 122 valence electrons. The number of esters is 2. The third-order valence-electron chi connectivity index (χ3n) is 3.42. The fourth-order valence-corrected chi connectivity index (χ4v) is 1.56. The predicted octanol–water partition coefficient (Wildman–Crippen LogP) is 4.09. The van der Waals surface area contributed by atoms with E-state index in [1.807, 2.05) is 41.5 Å². The van der Waals surface area contributed by atoms with Crippen molar-refractivity contribution in [2.45, 2.75) is 47.6 Å². The molecule has 4 heteroatoms. The number of ether oxygens (including phenoxy) is 2. The monoisotopic (exact) mass is 306 g/mol. The predicted molar refractivity (Wildman–Crippen MR) is 85.9 cm³/mol. The Morgan fingerprint density at radius 3 is 1.95 bits per heavy atom. The minimum Gasteiger partial charge on any atom is -0.462 e. The van der Waals surface area contributed by atoms with Gasteiger partial charge in [-0.3, -0.25) is 0 Å². The smallest absolute Gasteiger partial charge is 0.339 e. The van der Waals surface area contributed by atoms with E-state index >= 15 is 0 Å². The van der Waals surface area contributed by atoms with Gasteiger partial charge in [-0.1, -0.05) is 46.8 Å². The summed E-state index contributed by atoms with van der Waals surface area (Å²) in [5.41, 5.74) is 0.324. The van der Waals surface area contributed by atoms with Gasteiger partial charge in [0.05, 0.1) is 17.7 Å². The molecule has 4 nitrogen and oxygen atoms in total. The third kappa shape index (κ3) is 5.17. The van der Waals surface area contributed by atoms with Crippen molar-refractivity contribution in [3.63, 3.8) is 0 Å². The van der Waals surface area contributed by atoms with E-state index in [0.717, 1.165) is 0 Å². The van der Waals surface area contributed by atoms with Crippen LogP contribution < -0.4 is 0 Å². The summed E-state index contributed by atoms with van der Waals surface area (Å²) in [6.07, 6.45) is -0.264. The Morgan fingerprint density at radius 2 is 1.50 bits per heavy atom. The van der Waals surface area contributed by atoms with Crippen molar-refractivity contribution in [3.8, 4) is 0 Å². The number of carbonyl (C=O) groups excluding carboxylic acids is 2. The van der Waals surface area contributed by atoms with E-state index in [9.17, 15) is 9.59 Å². The second-order valence-corrected chi connectivity index (χ2v) is 6.95. The lowest BCUT2D eigenvalue weighted by Gasteiger charge is -2.27. The van der Waals surface area contributed by atoms with Crippen LogP contribution in [0.3, 0.4) is 0 Å². The molecule has 1 rings (SSSR count). The van der Waals surface area contributed by atoms with Crippen molar-refractivity contribution in [1.29, 1.82) is 0 Å². The maximum atomic E-state index is 12.3. The van der Waals surface area contributed by atoms with Gasteiger partial charge >= 0.3 is 11.9 Å². The largest absolute Gasteiger partial charge is 0.462 e. The highest BCUT2D eigenvalue weighted by Crippen LogP contribution is 2.23. The van der Waals surface area contributed by atoms with Crippen molar-refractivity contribution >= 4 is 11.9 Å². The van der Waals surface area contributed by atoms with Gasteiger partial charge in [-0.05, 0) is 30.4 Å². The summed E-state index contributed by atoms with van der Waals surface area (Å²) in [6.45, 7) is 12.1. The summed E-state index contributed by atoms with van der Waals surface area (Å²) in [7, 11) is 0. The lowest BCUT2D eigenvalue weighted by molar-refractivity contribution is 0.00434. The van der Waals surface area contributed by atoms with Crippen LogP contribution in [0.1, 0.15) is 62.3 Å². The fourth-order valence-electron chi connectivity index (χ4n) is 1.56. The molecule has 0 aliphatic carbocycles. The molecule has 1 atom stereocenters. The minimum absolute atomic E-state index is 0.164. The summed E-state index contributed by atoms with van der Waals surface area (Å²) < 4.78 is 10.7. The van der Waals surface area contributed by atoms with Gasteiger partial charge in [0.2, 0.25) is 0 Å². The van der Waals surface area contributed by atoms with Gasteiger partial charge in [0.1, 0.15) is 6.10 Å². The molecule has 0 aromatic heterocycles. The molecule has 0 spiro atoms. The topological polar surface area (TPSA) is 52.6 Å².